The maximum Gasteiger partial charge on any atom is 0.139 e. The van der Waals surface area contributed by atoms with E-state index in [4.69, 9.17) is 0 Å². The van der Waals surface area contributed by atoms with E-state index in [1.165, 1.54) is 16.5 Å². The molecular weight excluding hydrogens is 352 g/mol. The van der Waals surface area contributed by atoms with Crippen LogP contribution < -0.4 is 0 Å². The Labute approximate surface area is 163 Å². The molecule has 2 N–H and O–H groups in total. The molecule has 0 saturated carbocycles. The van der Waals surface area contributed by atoms with Crippen molar-refractivity contribution in [1.82, 2.24) is 29.4 Å². The van der Waals surface area contributed by atoms with Gasteiger partial charge in [-0.2, -0.15) is 10.2 Å². The molecule has 4 aromatic rings. The average Bonchev–Trinajstić information content (AvgIpc) is 3.40. The molecule has 1 unspecified atom stereocenters. The number of hydrogen-bond acceptors (Lipinski definition) is 4. The van der Waals surface area contributed by atoms with Crippen LogP contribution >= 0.6 is 0 Å². The first-order valence-corrected chi connectivity index (χ1v) is 9.69. The zero-order valence-electron chi connectivity index (χ0n) is 15.9. The molecule has 0 fully saturated rings. The van der Waals surface area contributed by atoms with Crippen LogP contribution in [0.1, 0.15) is 35.2 Å². The van der Waals surface area contributed by atoms with Gasteiger partial charge < -0.3 is 10.1 Å². The first-order chi connectivity index (χ1) is 13.7. The normalized spacial score (nSPS) is 16.2. The van der Waals surface area contributed by atoms with Gasteiger partial charge in [0, 0.05) is 51.1 Å². The first-order valence-electron chi connectivity index (χ1n) is 9.69. The predicted molar refractivity (Wildman–Crippen MR) is 107 cm³/mol. The second-order valence-corrected chi connectivity index (χ2v) is 7.49. The summed E-state index contributed by atoms with van der Waals surface area (Å²) >= 11 is 0. The van der Waals surface area contributed by atoms with Gasteiger partial charge in [0.05, 0.1) is 17.1 Å². The number of hydrogen-bond donors (Lipinski definition) is 2. The summed E-state index contributed by atoms with van der Waals surface area (Å²) in [6.45, 7) is 3.61. The largest absolute Gasteiger partial charge is 0.380 e. The second kappa shape index (κ2) is 6.92. The highest BCUT2D eigenvalue weighted by atomic mass is 16.3. The van der Waals surface area contributed by atoms with Crippen molar-refractivity contribution in [3.05, 3.63) is 71.4 Å². The third-order valence-electron chi connectivity index (χ3n) is 5.60. The summed E-state index contributed by atoms with van der Waals surface area (Å²) < 4.78 is 3.74. The Morgan fingerprint density at radius 1 is 1.21 bits per heavy atom. The lowest BCUT2D eigenvalue weighted by Gasteiger charge is -2.20. The van der Waals surface area contributed by atoms with Crippen molar-refractivity contribution >= 4 is 10.9 Å². The van der Waals surface area contributed by atoms with Gasteiger partial charge in [0.15, 0.2) is 0 Å². The Balaban J connectivity index is 1.39. The van der Waals surface area contributed by atoms with E-state index < -0.39 is 6.10 Å². The first kappa shape index (κ1) is 17.2. The minimum absolute atomic E-state index is 0.687. The topological polar surface area (TPSA) is 74.9 Å². The number of rotatable bonds is 4. The molecule has 1 aliphatic rings. The van der Waals surface area contributed by atoms with E-state index >= 15 is 0 Å². The van der Waals surface area contributed by atoms with Crippen LogP contribution in [0.3, 0.4) is 0 Å². The zero-order chi connectivity index (χ0) is 19.1. The molecule has 7 heteroatoms. The Hall–Kier alpha value is -2.90. The number of para-hydroxylation sites is 1. The van der Waals surface area contributed by atoms with Crippen molar-refractivity contribution < 1.29 is 5.11 Å². The Kier molecular flexibility index (Phi) is 4.26. The van der Waals surface area contributed by atoms with Crippen LogP contribution in [0, 0.1) is 0 Å². The number of benzene rings is 1. The van der Waals surface area contributed by atoms with E-state index in [1.807, 2.05) is 30.1 Å². The fourth-order valence-electron chi connectivity index (χ4n) is 4.15. The van der Waals surface area contributed by atoms with Gasteiger partial charge in [0.1, 0.15) is 6.10 Å². The molecule has 1 atom stereocenters. The standard InChI is InChI=1S/C21H24N6O/c1-25-19(7-9-23-25)21(28)18-12-17-14-26(10-3-11-27(17)24-18)13-16-5-2-4-15-6-8-22-20(15)16/h2,4-9,12,21-22,28H,3,10-11,13-14H2,1H3. The predicted octanol–water partition coefficient (Wildman–Crippen LogP) is 2.59. The van der Waals surface area contributed by atoms with Gasteiger partial charge in [0.2, 0.25) is 0 Å². The lowest BCUT2D eigenvalue weighted by atomic mass is 10.1. The van der Waals surface area contributed by atoms with E-state index in [1.54, 1.807) is 10.9 Å². The van der Waals surface area contributed by atoms with Gasteiger partial charge in [0.25, 0.3) is 0 Å². The minimum atomic E-state index is -0.756. The number of fused-ring (bicyclic) bond motifs is 2. The summed E-state index contributed by atoms with van der Waals surface area (Å²) in [4.78, 5) is 5.82. The second-order valence-electron chi connectivity index (χ2n) is 7.49. The van der Waals surface area contributed by atoms with Crippen LogP contribution in [0.25, 0.3) is 10.9 Å². The van der Waals surface area contributed by atoms with Gasteiger partial charge in [-0.25, -0.2) is 0 Å². The van der Waals surface area contributed by atoms with Crippen molar-refractivity contribution in [2.75, 3.05) is 6.54 Å². The number of aromatic amines is 1. The number of aromatic nitrogens is 5. The van der Waals surface area contributed by atoms with E-state index in [0.717, 1.165) is 44.0 Å². The summed E-state index contributed by atoms with van der Waals surface area (Å²) in [7, 11) is 1.84. The number of nitrogens with one attached hydrogen (secondary N) is 1. The molecule has 0 spiro atoms. The van der Waals surface area contributed by atoms with Gasteiger partial charge in [-0.05, 0) is 35.6 Å². The maximum absolute atomic E-state index is 10.7. The molecule has 1 aromatic carbocycles. The van der Waals surface area contributed by atoms with Crippen molar-refractivity contribution in [2.45, 2.75) is 32.2 Å². The average molecular weight is 376 g/mol. The van der Waals surface area contributed by atoms with E-state index in [-0.39, 0.29) is 0 Å². The highest BCUT2D eigenvalue weighted by Crippen LogP contribution is 2.25. The SMILES string of the molecule is Cn1nccc1C(O)c1cc2n(n1)CCCN(Cc1cccc3cc[nH]c13)C2. The molecule has 7 nitrogen and oxygen atoms in total. The molecule has 0 bridgehead atoms. The molecular formula is C21H24N6O. The summed E-state index contributed by atoms with van der Waals surface area (Å²) in [5.74, 6) is 0. The maximum atomic E-state index is 10.7. The molecule has 3 aromatic heterocycles. The number of nitrogens with zero attached hydrogens (tertiary/aromatic N) is 5. The molecule has 5 rings (SSSR count). The number of aryl methyl sites for hydroxylation is 2. The summed E-state index contributed by atoms with van der Waals surface area (Å²) in [6.07, 6.45) is 3.98. The summed E-state index contributed by atoms with van der Waals surface area (Å²) in [5, 5.41) is 20.8. The van der Waals surface area contributed by atoms with Gasteiger partial charge >= 0.3 is 0 Å². The fraction of sp³-hybridized carbons (Fsp3) is 0.333. The monoisotopic (exact) mass is 376 g/mol. The van der Waals surface area contributed by atoms with E-state index in [0.29, 0.717) is 5.69 Å². The third-order valence-corrected chi connectivity index (χ3v) is 5.60. The number of aliphatic hydroxyl groups excluding tert-OH is 1. The lowest BCUT2D eigenvalue weighted by Crippen LogP contribution is -2.23. The van der Waals surface area contributed by atoms with Gasteiger partial charge in [-0.3, -0.25) is 14.3 Å². The van der Waals surface area contributed by atoms with E-state index in [2.05, 4.69) is 44.3 Å². The molecule has 28 heavy (non-hydrogen) atoms. The Morgan fingerprint density at radius 2 is 2.14 bits per heavy atom. The molecule has 0 amide bonds. The molecule has 0 saturated heterocycles. The van der Waals surface area contributed by atoms with Crippen molar-refractivity contribution in [2.24, 2.45) is 7.05 Å². The number of H-pyrrole nitrogens is 1. The van der Waals surface area contributed by atoms with E-state index in [9.17, 15) is 5.11 Å². The van der Waals surface area contributed by atoms with Crippen molar-refractivity contribution in [3.63, 3.8) is 0 Å². The molecule has 4 heterocycles. The third kappa shape index (κ3) is 3.02. The van der Waals surface area contributed by atoms with Gasteiger partial charge in [-0.15, -0.1) is 0 Å². The molecule has 0 aliphatic carbocycles. The summed E-state index contributed by atoms with van der Waals surface area (Å²) in [5.41, 5.74) is 5.11. The van der Waals surface area contributed by atoms with Crippen molar-refractivity contribution in [1.29, 1.82) is 0 Å². The van der Waals surface area contributed by atoms with Crippen LogP contribution in [0.4, 0.5) is 0 Å². The van der Waals surface area contributed by atoms with Crippen LogP contribution in [-0.2, 0) is 26.7 Å². The minimum Gasteiger partial charge on any atom is -0.380 e. The molecule has 144 valence electrons. The quantitative estimate of drug-likeness (QED) is 0.574. The molecule has 0 radical (unpaired) electrons. The number of aliphatic hydroxyl groups is 1. The summed E-state index contributed by atoms with van der Waals surface area (Å²) in [6, 6.07) is 12.4. The van der Waals surface area contributed by atoms with Crippen LogP contribution in [0.5, 0.6) is 0 Å². The smallest absolute Gasteiger partial charge is 0.139 e. The lowest BCUT2D eigenvalue weighted by molar-refractivity contribution is 0.203. The highest BCUT2D eigenvalue weighted by Gasteiger charge is 2.22. The highest BCUT2D eigenvalue weighted by molar-refractivity contribution is 5.82. The van der Waals surface area contributed by atoms with Gasteiger partial charge in [-0.1, -0.05) is 18.2 Å². The van der Waals surface area contributed by atoms with Crippen LogP contribution in [0.15, 0.2) is 48.8 Å². The Morgan fingerprint density at radius 3 is 3.00 bits per heavy atom. The molecule has 1 aliphatic heterocycles. The fourth-order valence-corrected chi connectivity index (χ4v) is 4.15. The Bertz CT molecular complexity index is 1110. The zero-order valence-corrected chi connectivity index (χ0v) is 15.9. The van der Waals surface area contributed by atoms with Crippen molar-refractivity contribution in [3.8, 4) is 0 Å². The van der Waals surface area contributed by atoms with Crippen LogP contribution in [-0.4, -0.2) is 41.1 Å². The van der Waals surface area contributed by atoms with Crippen LogP contribution in [0.2, 0.25) is 0 Å².